The predicted octanol–water partition coefficient (Wildman–Crippen LogP) is 2.37. The van der Waals surface area contributed by atoms with Crippen molar-refractivity contribution in [3.8, 4) is 6.07 Å². The van der Waals surface area contributed by atoms with Crippen LogP contribution in [0, 0.1) is 11.3 Å². The van der Waals surface area contributed by atoms with Crippen molar-refractivity contribution in [1.29, 1.82) is 5.26 Å². The Kier molecular flexibility index (Phi) is 3.63. The normalized spacial score (nSPS) is 11.6. The number of rotatable bonds is 2. The van der Waals surface area contributed by atoms with Gasteiger partial charge in [0.2, 0.25) is 0 Å². The maximum Gasteiger partial charge on any atom is 0.418 e. The molecule has 0 aliphatic carbocycles. The molecule has 1 aromatic rings. The van der Waals surface area contributed by atoms with Gasteiger partial charge in [-0.3, -0.25) is 0 Å². The Bertz CT molecular complexity index is 461. The lowest BCUT2D eigenvalue weighted by molar-refractivity contribution is -0.138. The van der Waals surface area contributed by atoms with Crippen molar-refractivity contribution in [1.82, 2.24) is 4.98 Å². The molecule has 0 aliphatic heterocycles. The molecule has 1 aromatic heterocycles. The van der Waals surface area contributed by atoms with Gasteiger partial charge < -0.3 is 5.73 Å². The Hall–Kier alpha value is -1.75. The van der Waals surface area contributed by atoms with Crippen LogP contribution in [0.3, 0.4) is 0 Å². The topological polar surface area (TPSA) is 62.7 Å². The SMILES string of the molecule is N#Cc1ncc(C(F)(F)F)c(CN)c1C(F)F. The van der Waals surface area contributed by atoms with Crippen LogP contribution < -0.4 is 5.73 Å². The number of aromatic nitrogens is 1. The van der Waals surface area contributed by atoms with E-state index >= 15 is 0 Å². The highest BCUT2D eigenvalue weighted by molar-refractivity contribution is 5.43. The maximum atomic E-state index is 12.6. The van der Waals surface area contributed by atoms with E-state index in [4.69, 9.17) is 11.0 Å². The number of hydrogen-bond donors (Lipinski definition) is 1. The smallest absolute Gasteiger partial charge is 0.326 e. The van der Waals surface area contributed by atoms with Gasteiger partial charge >= 0.3 is 6.18 Å². The highest BCUT2D eigenvalue weighted by Gasteiger charge is 2.36. The number of nitriles is 1. The van der Waals surface area contributed by atoms with Gasteiger partial charge in [-0.05, 0) is 5.56 Å². The summed E-state index contributed by atoms with van der Waals surface area (Å²) in [5.74, 6) is 0. The Morgan fingerprint density at radius 3 is 2.35 bits per heavy atom. The van der Waals surface area contributed by atoms with E-state index in [-0.39, 0.29) is 0 Å². The fraction of sp³-hybridized carbons (Fsp3) is 0.333. The fourth-order valence-corrected chi connectivity index (χ4v) is 1.35. The van der Waals surface area contributed by atoms with E-state index in [0.29, 0.717) is 6.20 Å². The maximum absolute atomic E-state index is 12.6. The fourth-order valence-electron chi connectivity index (χ4n) is 1.35. The first-order chi connectivity index (χ1) is 7.82. The van der Waals surface area contributed by atoms with Crippen LogP contribution in [0.15, 0.2) is 6.20 Å². The van der Waals surface area contributed by atoms with Crippen molar-refractivity contribution in [3.05, 3.63) is 28.6 Å². The summed E-state index contributed by atoms with van der Waals surface area (Å²) in [6.07, 6.45) is -7.73. The molecule has 0 spiro atoms. The predicted molar refractivity (Wildman–Crippen MR) is 46.8 cm³/mol. The number of alkyl halides is 5. The average Bonchev–Trinajstić information content (AvgIpc) is 2.25. The molecule has 0 atom stereocenters. The Balaban J connectivity index is 3.60. The molecule has 3 nitrogen and oxygen atoms in total. The van der Waals surface area contributed by atoms with Gasteiger partial charge in [0.05, 0.1) is 11.1 Å². The van der Waals surface area contributed by atoms with Crippen molar-refractivity contribution in [2.75, 3.05) is 0 Å². The van der Waals surface area contributed by atoms with Crippen LogP contribution >= 0.6 is 0 Å². The zero-order chi connectivity index (χ0) is 13.2. The average molecular weight is 251 g/mol. The van der Waals surface area contributed by atoms with Gasteiger partial charge in [-0.25, -0.2) is 13.8 Å². The van der Waals surface area contributed by atoms with E-state index in [1.165, 1.54) is 6.07 Å². The highest BCUT2D eigenvalue weighted by atomic mass is 19.4. The lowest BCUT2D eigenvalue weighted by Crippen LogP contribution is -2.16. The zero-order valence-corrected chi connectivity index (χ0v) is 8.22. The van der Waals surface area contributed by atoms with Crippen LogP contribution in [0.1, 0.15) is 28.8 Å². The first-order valence-corrected chi connectivity index (χ1v) is 4.30. The van der Waals surface area contributed by atoms with Crippen molar-refractivity contribution in [2.24, 2.45) is 5.73 Å². The lowest BCUT2D eigenvalue weighted by atomic mass is 10.0. The number of nitrogens with zero attached hydrogens (tertiary/aromatic N) is 2. The summed E-state index contributed by atoms with van der Waals surface area (Å²) in [4.78, 5) is 3.08. The molecule has 0 unspecified atom stereocenters. The van der Waals surface area contributed by atoms with Crippen molar-refractivity contribution >= 4 is 0 Å². The minimum absolute atomic E-state index is 0.340. The molecule has 0 bridgehead atoms. The van der Waals surface area contributed by atoms with Crippen LogP contribution in [-0.2, 0) is 12.7 Å². The van der Waals surface area contributed by atoms with Crippen LogP contribution in [0.4, 0.5) is 22.0 Å². The minimum atomic E-state index is -4.83. The molecule has 0 fully saturated rings. The number of halogens is 5. The molecule has 92 valence electrons. The summed E-state index contributed by atoms with van der Waals surface area (Å²) in [5.41, 5.74) is 1.11. The second-order valence-corrected chi connectivity index (χ2v) is 3.03. The Morgan fingerprint density at radius 2 is 2.00 bits per heavy atom. The van der Waals surface area contributed by atoms with E-state index < -0.39 is 41.5 Å². The molecule has 0 saturated carbocycles. The van der Waals surface area contributed by atoms with Crippen molar-refractivity contribution in [2.45, 2.75) is 19.1 Å². The molecule has 1 heterocycles. The summed E-state index contributed by atoms with van der Waals surface area (Å²) in [7, 11) is 0. The van der Waals surface area contributed by atoms with Crippen molar-refractivity contribution in [3.63, 3.8) is 0 Å². The van der Waals surface area contributed by atoms with Crippen LogP contribution in [-0.4, -0.2) is 4.98 Å². The molecule has 0 aromatic carbocycles. The summed E-state index contributed by atoms with van der Waals surface area (Å²) in [6.45, 7) is -0.744. The molecule has 0 saturated heterocycles. The summed E-state index contributed by atoms with van der Waals surface area (Å²) in [6, 6.07) is 1.32. The van der Waals surface area contributed by atoms with Crippen LogP contribution in [0.25, 0.3) is 0 Å². The molecular formula is C9H6F5N3. The van der Waals surface area contributed by atoms with E-state index in [0.717, 1.165) is 0 Å². The summed E-state index contributed by atoms with van der Waals surface area (Å²) >= 11 is 0. The van der Waals surface area contributed by atoms with Gasteiger partial charge in [0, 0.05) is 12.7 Å². The molecule has 8 heteroatoms. The monoisotopic (exact) mass is 251 g/mol. The molecule has 1 rings (SSSR count). The number of hydrogen-bond acceptors (Lipinski definition) is 3. The first-order valence-electron chi connectivity index (χ1n) is 4.30. The first kappa shape index (κ1) is 13.3. The molecular weight excluding hydrogens is 245 g/mol. The second-order valence-electron chi connectivity index (χ2n) is 3.03. The van der Waals surface area contributed by atoms with E-state index in [1.807, 2.05) is 0 Å². The minimum Gasteiger partial charge on any atom is -0.326 e. The van der Waals surface area contributed by atoms with E-state index in [2.05, 4.69) is 4.98 Å². The van der Waals surface area contributed by atoms with Gasteiger partial charge in [0.15, 0.2) is 0 Å². The third kappa shape index (κ3) is 2.50. The van der Waals surface area contributed by atoms with Crippen molar-refractivity contribution < 1.29 is 22.0 Å². The van der Waals surface area contributed by atoms with Gasteiger partial charge in [-0.15, -0.1) is 0 Å². The molecule has 0 aliphatic rings. The van der Waals surface area contributed by atoms with Gasteiger partial charge in [-0.2, -0.15) is 18.4 Å². The van der Waals surface area contributed by atoms with Gasteiger partial charge in [-0.1, -0.05) is 0 Å². The quantitative estimate of drug-likeness (QED) is 0.820. The Morgan fingerprint density at radius 1 is 1.41 bits per heavy atom. The second kappa shape index (κ2) is 4.63. The van der Waals surface area contributed by atoms with Crippen LogP contribution in [0.2, 0.25) is 0 Å². The number of nitrogens with two attached hydrogens (primary N) is 1. The molecule has 0 radical (unpaired) electrons. The molecule has 17 heavy (non-hydrogen) atoms. The third-order valence-electron chi connectivity index (χ3n) is 2.06. The molecule has 2 N–H and O–H groups in total. The standard InChI is InChI=1S/C9H6F5N3/c10-8(11)7-4(1-15)5(9(12,13)14)3-17-6(7)2-16/h3,8H,1,15H2. The molecule has 0 amide bonds. The van der Waals surface area contributed by atoms with E-state index in [1.54, 1.807) is 0 Å². The van der Waals surface area contributed by atoms with Crippen LogP contribution in [0.5, 0.6) is 0 Å². The summed E-state index contributed by atoms with van der Waals surface area (Å²) < 4.78 is 62.7. The largest absolute Gasteiger partial charge is 0.418 e. The number of pyridine rings is 1. The highest BCUT2D eigenvalue weighted by Crippen LogP contribution is 2.36. The Labute approximate surface area is 92.7 Å². The summed E-state index contributed by atoms with van der Waals surface area (Å²) in [5, 5.41) is 8.51. The zero-order valence-electron chi connectivity index (χ0n) is 8.22. The lowest BCUT2D eigenvalue weighted by Gasteiger charge is -2.15. The van der Waals surface area contributed by atoms with Gasteiger partial charge in [0.25, 0.3) is 6.43 Å². The van der Waals surface area contributed by atoms with Gasteiger partial charge in [0.1, 0.15) is 11.8 Å². The third-order valence-corrected chi connectivity index (χ3v) is 2.06. The van der Waals surface area contributed by atoms with E-state index in [9.17, 15) is 22.0 Å².